The molecule has 1 N–H and O–H groups in total. The number of anilines is 1. The molecule has 0 atom stereocenters. The molecule has 0 fully saturated rings. The Morgan fingerprint density at radius 1 is 1.26 bits per heavy atom. The van der Waals surface area contributed by atoms with Crippen molar-refractivity contribution in [2.45, 2.75) is 20.3 Å². The van der Waals surface area contributed by atoms with Gasteiger partial charge in [0.1, 0.15) is 11.6 Å². The van der Waals surface area contributed by atoms with Gasteiger partial charge in [-0.05, 0) is 38.1 Å². The van der Waals surface area contributed by atoms with Crippen LogP contribution in [-0.2, 0) is 4.79 Å². The van der Waals surface area contributed by atoms with Crippen LogP contribution in [0.5, 0.6) is 0 Å². The molecule has 3 nitrogen and oxygen atoms in total. The number of likely N-dealkylation sites (N-methyl/N-ethyl adjacent to an activating group) is 1. The number of nitrogens with zero attached hydrogens (tertiary/aromatic N) is 1. The monoisotopic (exact) mass is 270 g/mol. The molecule has 0 bridgehead atoms. The van der Waals surface area contributed by atoms with Crippen molar-refractivity contribution >= 4 is 11.6 Å². The second-order valence-electron chi connectivity index (χ2n) is 5.13. The highest BCUT2D eigenvalue weighted by atomic mass is 19.1. The summed E-state index contributed by atoms with van der Waals surface area (Å²) in [4.78, 5) is 13.6. The van der Waals surface area contributed by atoms with Crippen LogP contribution in [0, 0.1) is 17.6 Å². The van der Waals surface area contributed by atoms with Crippen LogP contribution < -0.4 is 5.32 Å². The van der Waals surface area contributed by atoms with E-state index < -0.39 is 11.6 Å². The number of carbonyl (C=O) groups is 1. The van der Waals surface area contributed by atoms with Gasteiger partial charge in [-0.1, -0.05) is 13.8 Å². The summed E-state index contributed by atoms with van der Waals surface area (Å²) in [6.45, 7) is 5.24. The zero-order valence-electron chi connectivity index (χ0n) is 11.5. The Hall–Kier alpha value is -1.49. The van der Waals surface area contributed by atoms with Gasteiger partial charge < -0.3 is 5.32 Å². The van der Waals surface area contributed by atoms with Crippen molar-refractivity contribution in [3.05, 3.63) is 29.8 Å². The fourth-order valence-corrected chi connectivity index (χ4v) is 1.63. The van der Waals surface area contributed by atoms with Crippen LogP contribution in [0.15, 0.2) is 18.2 Å². The lowest BCUT2D eigenvalue weighted by atomic mass is 10.1. The number of amides is 1. The fourth-order valence-electron chi connectivity index (χ4n) is 1.63. The molecule has 0 radical (unpaired) electrons. The first-order valence-electron chi connectivity index (χ1n) is 6.31. The summed E-state index contributed by atoms with van der Waals surface area (Å²) in [6, 6.07) is 2.95. The van der Waals surface area contributed by atoms with E-state index in [-0.39, 0.29) is 18.1 Å². The van der Waals surface area contributed by atoms with Crippen molar-refractivity contribution in [3.8, 4) is 0 Å². The highest BCUT2D eigenvalue weighted by Gasteiger charge is 2.09. The largest absolute Gasteiger partial charge is 0.325 e. The van der Waals surface area contributed by atoms with E-state index >= 15 is 0 Å². The molecule has 0 unspecified atom stereocenters. The third-order valence-corrected chi connectivity index (χ3v) is 2.65. The summed E-state index contributed by atoms with van der Waals surface area (Å²) in [5, 5.41) is 2.48. The van der Waals surface area contributed by atoms with Crippen LogP contribution in [0.4, 0.5) is 14.5 Å². The molecule has 1 aromatic carbocycles. The topological polar surface area (TPSA) is 32.3 Å². The van der Waals surface area contributed by atoms with E-state index in [4.69, 9.17) is 0 Å². The van der Waals surface area contributed by atoms with E-state index in [9.17, 15) is 13.6 Å². The fraction of sp³-hybridized carbons (Fsp3) is 0.500. The maximum atomic E-state index is 12.9. The Morgan fingerprint density at radius 3 is 2.37 bits per heavy atom. The Balaban J connectivity index is 2.46. The predicted molar refractivity (Wildman–Crippen MR) is 71.9 cm³/mol. The number of hydrogen-bond acceptors (Lipinski definition) is 2. The first-order valence-corrected chi connectivity index (χ1v) is 6.31. The van der Waals surface area contributed by atoms with E-state index in [0.29, 0.717) is 5.92 Å². The number of carbonyl (C=O) groups excluding carboxylic acids is 1. The smallest absolute Gasteiger partial charge is 0.238 e. The second-order valence-corrected chi connectivity index (χ2v) is 5.13. The van der Waals surface area contributed by atoms with Gasteiger partial charge in [-0.2, -0.15) is 0 Å². The molecule has 0 aromatic heterocycles. The van der Waals surface area contributed by atoms with Gasteiger partial charge in [-0.3, -0.25) is 9.69 Å². The van der Waals surface area contributed by atoms with Crippen LogP contribution >= 0.6 is 0 Å². The Bertz CT molecular complexity index is 415. The number of benzene rings is 1. The van der Waals surface area contributed by atoms with Crippen LogP contribution in [-0.4, -0.2) is 30.9 Å². The van der Waals surface area contributed by atoms with E-state index in [0.717, 1.165) is 31.2 Å². The van der Waals surface area contributed by atoms with E-state index in [1.165, 1.54) is 0 Å². The first kappa shape index (κ1) is 15.6. The molecule has 1 rings (SSSR count). The summed E-state index contributed by atoms with van der Waals surface area (Å²) >= 11 is 0. The van der Waals surface area contributed by atoms with E-state index in [1.807, 2.05) is 11.9 Å². The lowest BCUT2D eigenvalue weighted by Gasteiger charge is -2.17. The van der Waals surface area contributed by atoms with Crippen LogP contribution in [0.1, 0.15) is 20.3 Å². The van der Waals surface area contributed by atoms with Gasteiger partial charge in [0, 0.05) is 11.8 Å². The standard InChI is InChI=1S/C14H20F2N2O/c1-10(2)4-5-18(3)9-14(19)17-13-7-11(15)6-12(16)8-13/h6-8,10H,4-5,9H2,1-3H3,(H,17,19). The molecule has 1 amide bonds. The summed E-state index contributed by atoms with van der Waals surface area (Å²) in [7, 11) is 1.84. The SMILES string of the molecule is CC(C)CCN(C)CC(=O)Nc1cc(F)cc(F)c1. The van der Waals surface area contributed by atoms with Gasteiger partial charge in [-0.25, -0.2) is 8.78 Å². The Morgan fingerprint density at radius 2 is 1.84 bits per heavy atom. The minimum Gasteiger partial charge on any atom is -0.325 e. The third-order valence-electron chi connectivity index (χ3n) is 2.65. The maximum absolute atomic E-state index is 12.9. The normalized spacial score (nSPS) is 11.1. The minimum absolute atomic E-state index is 0.139. The molecule has 0 aliphatic rings. The summed E-state index contributed by atoms with van der Waals surface area (Å²) in [5.74, 6) is -1.12. The quantitative estimate of drug-likeness (QED) is 0.862. The van der Waals surface area contributed by atoms with Gasteiger partial charge in [0.15, 0.2) is 0 Å². The summed E-state index contributed by atoms with van der Waals surface area (Å²) in [6.07, 6.45) is 0.998. The molecule has 106 valence electrons. The molecule has 0 saturated carbocycles. The maximum Gasteiger partial charge on any atom is 0.238 e. The highest BCUT2D eigenvalue weighted by molar-refractivity contribution is 5.92. The molecule has 0 aliphatic carbocycles. The summed E-state index contributed by atoms with van der Waals surface area (Å²) in [5.41, 5.74) is 0.139. The third kappa shape index (κ3) is 6.29. The zero-order valence-corrected chi connectivity index (χ0v) is 11.5. The molecular weight excluding hydrogens is 250 g/mol. The van der Waals surface area contributed by atoms with Crippen LogP contribution in [0.3, 0.4) is 0 Å². The van der Waals surface area contributed by atoms with E-state index in [1.54, 1.807) is 0 Å². The molecule has 5 heteroatoms. The number of hydrogen-bond donors (Lipinski definition) is 1. The number of rotatable bonds is 6. The van der Waals surface area contributed by atoms with Gasteiger partial charge in [0.2, 0.25) is 5.91 Å². The van der Waals surface area contributed by atoms with Crippen molar-refractivity contribution in [2.24, 2.45) is 5.92 Å². The second kappa shape index (κ2) is 7.19. The molecule has 0 spiro atoms. The molecular formula is C14H20F2N2O. The first-order chi connectivity index (χ1) is 8.86. The van der Waals surface area contributed by atoms with Crippen molar-refractivity contribution in [1.82, 2.24) is 4.90 Å². The lowest BCUT2D eigenvalue weighted by molar-refractivity contribution is -0.117. The average molecular weight is 270 g/mol. The number of halogens is 2. The van der Waals surface area contributed by atoms with Crippen LogP contribution in [0.25, 0.3) is 0 Å². The zero-order chi connectivity index (χ0) is 14.4. The van der Waals surface area contributed by atoms with Gasteiger partial charge in [0.25, 0.3) is 0 Å². The molecule has 1 aromatic rings. The van der Waals surface area contributed by atoms with Gasteiger partial charge in [0.05, 0.1) is 6.54 Å². The average Bonchev–Trinajstić information content (AvgIpc) is 2.24. The summed E-state index contributed by atoms with van der Waals surface area (Å²) < 4.78 is 25.9. The minimum atomic E-state index is -0.705. The predicted octanol–water partition coefficient (Wildman–Crippen LogP) is 2.88. The van der Waals surface area contributed by atoms with Crippen molar-refractivity contribution < 1.29 is 13.6 Å². The van der Waals surface area contributed by atoms with Gasteiger partial charge in [-0.15, -0.1) is 0 Å². The van der Waals surface area contributed by atoms with Gasteiger partial charge >= 0.3 is 0 Å². The Labute approximate surface area is 112 Å². The van der Waals surface area contributed by atoms with Crippen molar-refractivity contribution in [3.63, 3.8) is 0 Å². The van der Waals surface area contributed by atoms with E-state index in [2.05, 4.69) is 19.2 Å². The Kier molecular flexibility index (Phi) is 5.89. The number of nitrogens with one attached hydrogen (secondary N) is 1. The molecule has 0 saturated heterocycles. The lowest BCUT2D eigenvalue weighted by Crippen LogP contribution is -2.31. The molecule has 19 heavy (non-hydrogen) atoms. The molecule has 0 aliphatic heterocycles. The highest BCUT2D eigenvalue weighted by Crippen LogP contribution is 2.12. The van der Waals surface area contributed by atoms with Crippen molar-refractivity contribution in [2.75, 3.05) is 25.5 Å². The van der Waals surface area contributed by atoms with Crippen molar-refractivity contribution in [1.29, 1.82) is 0 Å². The molecule has 0 heterocycles. The van der Waals surface area contributed by atoms with Crippen LogP contribution in [0.2, 0.25) is 0 Å².